The summed E-state index contributed by atoms with van der Waals surface area (Å²) in [6.45, 7) is 2.12. The molecule has 35 heavy (non-hydrogen) atoms. The zero-order valence-corrected chi connectivity index (χ0v) is 20.9. The first-order valence-corrected chi connectivity index (χ1v) is 14.0. The van der Waals surface area contributed by atoms with Crippen molar-refractivity contribution in [1.29, 1.82) is 5.26 Å². The summed E-state index contributed by atoms with van der Waals surface area (Å²) in [5.74, 6) is -0.282. The van der Waals surface area contributed by atoms with Gasteiger partial charge in [0.05, 0.1) is 39.3 Å². The molecule has 2 heterocycles. The van der Waals surface area contributed by atoms with Crippen LogP contribution in [-0.4, -0.2) is 36.9 Å². The molecule has 1 fully saturated rings. The van der Waals surface area contributed by atoms with Crippen molar-refractivity contribution in [2.75, 3.05) is 23.0 Å². The molecule has 2 N–H and O–H groups in total. The molecular weight excluding hydrogens is 515 g/mol. The monoisotopic (exact) mass is 534 g/mol. The van der Waals surface area contributed by atoms with E-state index in [0.29, 0.717) is 52.5 Å². The highest BCUT2D eigenvalue weighted by atomic mass is 35.5. The number of amides is 1. The van der Waals surface area contributed by atoms with Gasteiger partial charge in [-0.2, -0.15) is 5.26 Å². The Labute approximate surface area is 210 Å². The second-order valence-corrected chi connectivity index (χ2v) is 12.4. The van der Waals surface area contributed by atoms with Crippen molar-refractivity contribution in [2.45, 2.75) is 25.0 Å². The number of nitriles is 1. The number of carbonyl (C=O) groups is 1. The molecule has 0 spiro atoms. The lowest BCUT2D eigenvalue weighted by atomic mass is 10.1. The number of benzene rings is 2. The lowest BCUT2D eigenvalue weighted by Crippen LogP contribution is -2.21. The first-order valence-electron chi connectivity index (χ1n) is 10.6. The molecule has 1 aliphatic heterocycles. The number of nitrogens with zero attached hydrogens (tertiary/aromatic N) is 2. The van der Waals surface area contributed by atoms with E-state index in [0.717, 1.165) is 0 Å². The summed E-state index contributed by atoms with van der Waals surface area (Å²) < 4.78 is 43.1. The molecule has 0 bridgehead atoms. The first kappa shape index (κ1) is 25.0. The molecule has 8 nitrogen and oxygen atoms in total. The average Bonchev–Trinajstić information content (AvgIpc) is 3.14. The minimum Gasteiger partial charge on any atom is -0.492 e. The van der Waals surface area contributed by atoms with Crippen LogP contribution in [0.2, 0.25) is 5.02 Å². The Morgan fingerprint density at radius 2 is 2.14 bits per heavy atom. The van der Waals surface area contributed by atoms with Crippen molar-refractivity contribution in [3.05, 3.63) is 52.9 Å². The molecular formula is C23H20ClFN4O4S2. The molecule has 0 aliphatic carbocycles. The number of hydrogen-bond acceptors (Lipinski definition) is 7. The third kappa shape index (κ3) is 5.45. The molecule has 1 saturated heterocycles. The minimum absolute atomic E-state index is 0.0440. The van der Waals surface area contributed by atoms with Crippen LogP contribution in [0.25, 0.3) is 10.9 Å². The number of hydrogen-bond donors (Lipinski definition) is 2. The van der Waals surface area contributed by atoms with Gasteiger partial charge in [0.2, 0.25) is 5.91 Å². The van der Waals surface area contributed by atoms with Gasteiger partial charge in [0, 0.05) is 35.5 Å². The van der Waals surface area contributed by atoms with Crippen LogP contribution in [0.5, 0.6) is 5.75 Å². The fourth-order valence-electron chi connectivity index (χ4n) is 3.67. The van der Waals surface area contributed by atoms with Gasteiger partial charge in [0.25, 0.3) is 0 Å². The Morgan fingerprint density at radius 3 is 2.80 bits per heavy atom. The highest BCUT2D eigenvalue weighted by molar-refractivity contribution is 8.61. The molecule has 0 radical (unpaired) electrons. The van der Waals surface area contributed by atoms with E-state index in [4.69, 9.17) is 16.3 Å². The smallest absolute Gasteiger partial charge is 0.225 e. The van der Waals surface area contributed by atoms with Crippen LogP contribution in [0.15, 0.2) is 36.5 Å². The van der Waals surface area contributed by atoms with Gasteiger partial charge in [-0.05, 0) is 37.6 Å². The number of rotatable bonds is 7. The lowest BCUT2D eigenvalue weighted by molar-refractivity contribution is -0.116. The molecule has 0 saturated carbocycles. The Hall–Kier alpha value is -3.07. The predicted octanol–water partition coefficient (Wildman–Crippen LogP) is 4.55. The fourth-order valence-corrected chi connectivity index (χ4v) is 7.72. The summed E-state index contributed by atoms with van der Waals surface area (Å²) in [5.41, 5.74) is 1.91. The van der Waals surface area contributed by atoms with Crippen LogP contribution in [0.3, 0.4) is 0 Å². The van der Waals surface area contributed by atoms with Crippen molar-refractivity contribution in [2.24, 2.45) is 0 Å². The third-order valence-corrected chi connectivity index (χ3v) is 9.92. The molecule has 1 aromatic heterocycles. The number of pyridine rings is 1. The number of carbonyl (C=O) groups excluding carboxylic acids is 1. The molecule has 182 valence electrons. The Balaban J connectivity index is 1.73. The van der Waals surface area contributed by atoms with Crippen LogP contribution in [0.4, 0.5) is 21.5 Å². The number of anilines is 3. The van der Waals surface area contributed by atoms with Gasteiger partial charge >= 0.3 is 0 Å². The average molecular weight is 535 g/mol. The summed E-state index contributed by atoms with van der Waals surface area (Å²) in [5, 5.41) is 15.5. The molecule has 3 aromatic rings. The highest BCUT2D eigenvalue weighted by Crippen LogP contribution is 2.37. The second kappa shape index (κ2) is 10.7. The van der Waals surface area contributed by atoms with Gasteiger partial charge in [-0.1, -0.05) is 11.6 Å². The largest absolute Gasteiger partial charge is 0.492 e. The number of halogens is 2. The van der Waals surface area contributed by atoms with Gasteiger partial charge in [-0.15, -0.1) is 0 Å². The summed E-state index contributed by atoms with van der Waals surface area (Å²) >= 11 is 5.90. The molecule has 2 aromatic carbocycles. The Morgan fingerprint density at radius 1 is 1.34 bits per heavy atom. The zero-order chi connectivity index (χ0) is 25.1. The first-order chi connectivity index (χ1) is 16.8. The maximum atomic E-state index is 13.6. The van der Waals surface area contributed by atoms with E-state index in [1.54, 1.807) is 19.1 Å². The molecule has 3 atom stereocenters. The van der Waals surface area contributed by atoms with Crippen molar-refractivity contribution in [1.82, 2.24) is 4.98 Å². The van der Waals surface area contributed by atoms with Gasteiger partial charge in [-0.25, -0.2) is 12.8 Å². The van der Waals surface area contributed by atoms with Crippen molar-refractivity contribution >= 4 is 65.1 Å². The fraction of sp³-hybridized carbons (Fsp3) is 0.261. The van der Waals surface area contributed by atoms with Crippen molar-refractivity contribution in [3.8, 4) is 11.8 Å². The van der Waals surface area contributed by atoms with Gasteiger partial charge in [0.15, 0.2) is 0 Å². The van der Waals surface area contributed by atoms with E-state index in [-0.39, 0.29) is 17.0 Å². The quantitative estimate of drug-likeness (QED) is 0.426. The Kier molecular flexibility index (Phi) is 7.64. The Bertz CT molecular complexity index is 1410. The molecule has 3 unspecified atom stereocenters. The SMILES string of the molecule is CCOc1cc2ncc(C#N)c(Nc3ccc(F)c(Cl)c3)c2cc1NC(=O)CC1CCS(=O)S1=O. The number of fused-ring (bicyclic) bond motifs is 1. The zero-order valence-electron chi connectivity index (χ0n) is 18.5. The van der Waals surface area contributed by atoms with Gasteiger partial charge < -0.3 is 15.4 Å². The highest BCUT2D eigenvalue weighted by Gasteiger charge is 2.32. The standard InChI is InChI=1S/C23H20ClFN4O4S2/c1-2-33-21-10-19-16(9-20(21)29-22(30)8-15-5-6-34(31)35(15)32)23(13(11-26)12-27-19)28-14-3-4-18(25)17(24)7-14/h3-4,7,9-10,12,15H,2,5-6,8H2,1H3,(H,27,28)(H,29,30). The maximum Gasteiger partial charge on any atom is 0.225 e. The summed E-state index contributed by atoms with van der Waals surface area (Å²) in [4.78, 5) is 17.1. The predicted molar refractivity (Wildman–Crippen MR) is 135 cm³/mol. The van der Waals surface area contributed by atoms with Gasteiger partial charge in [-0.3, -0.25) is 9.78 Å². The molecule has 1 aliphatic rings. The molecule has 12 heteroatoms. The van der Waals surface area contributed by atoms with E-state index in [1.807, 2.05) is 0 Å². The van der Waals surface area contributed by atoms with Crippen molar-refractivity contribution < 1.29 is 22.3 Å². The molecule has 4 rings (SSSR count). The van der Waals surface area contributed by atoms with Crippen molar-refractivity contribution in [3.63, 3.8) is 0 Å². The van der Waals surface area contributed by atoms with Crippen LogP contribution in [-0.2, 0) is 24.5 Å². The number of nitrogens with one attached hydrogen (secondary N) is 2. The summed E-state index contributed by atoms with van der Waals surface area (Å²) in [7, 11) is -2.99. The van der Waals surface area contributed by atoms with Crippen LogP contribution >= 0.6 is 11.6 Å². The lowest BCUT2D eigenvalue weighted by Gasteiger charge is -2.17. The minimum atomic E-state index is -1.56. The normalized spacial score (nSPS) is 19.3. The van der Waals surface area contributed by atoms with Crippen LogP contribution in [0, 0.1) is 17.1 Å². The van der Waals surface area contributed by atoms with E-state index >= 15 is 0 Å². The maximum absolute atomic E-state index is 13.6. The number of ether oxygens (including phenoxy) is 1. The second-order valence-electron chi connectivity index (χ2n) is 7.64. The van der Waals surface area contributed by atoms with E-state index in [1.165, 1.54) is 24.4 Å². The number of aromatic nitrogens is 1. The van der Waals surface area contributed by atoms with Gasteiger partial charge in [0.1, 0.15) is 37.3 Å². The summed E-state index contributed by atoms with van der Waals surface area (Å²) in [6.07, 6.45) is 1.81. The van der Waals surface area contributed by atoms with Crippen LogP contribution < -0.4 is 15.4 Å². The van der Waals surface area contributed by atoms with E-state index < -0.39 is 36.6 Å². The van der Waals surface area contributed by atoms with E-state index in [2.05, 4.69) is 21.7 Å². The molecule has 1 amide bonds. The van der Waals surface area contributed by atoms with Crippen LogP contribution in [0.1, 0.15) is 25.3 Å². The summed E-state index contributed by atoms with van der Waals surface area (Å²) in [6, 6.07) is 9.43. The third-order valence-electron chi connectivity index (χ3n) is 5.33. The topological polar surface area (TPSA) is 121 Å². The van der Waals surface area contributed by atoms with E-state index in [9.17, 15) is 22.9 Å².